The molecule has 31 heavy (non-hydrogen) atoms. The van der Waals surface area contributed by atoms with Crippen molar-refractivity contribution in [2.45, 2.75) is 6.42 Å². The van der Waals surface area contributed by atoms with Crippen LogP contribution in [0.4, 0.5) is 15.8 Å². The number of anilines is 1. The number of esters is 1. The lowest BCUT2D eigenvalue weighted by atomic mass is 10.1. The van der Waals surface area contributed by atoms with Gasteiger partial charge >= 0.3 is 5.97 Å². The zero-order valence-electron chi connectivity index (χ0n) is 15.6. The Hall–Kier alpha value is -3.11. The Morgan fingerprint density at radius 3 is 2.45 bits per heavy atom. The Kier molecular flexibility index (Phi) is 7.13. The third-order valence-corrected chi connectivity index (χ3v) is 5.15. The molecule has 3 rings (SSSR count). The van der Waals surface area contributed by atoms with Crippen molar-refractivity contribution in [3.8, 4) is 5.75 Å². The van der Waals surface area contributed by atoms with Gasteiger partial charge in [0.25, 0.3) is 5.69 Å². The van der Waals surface area contributed by atoms with Gasteiger partial charge in [-0.3, -0.25) is 14.9 Å². The molecule has 3 aromatic rings. The molecule has 0 saturated carbocycles. The van der Waals surface area contributed by atoms with Gasteiger partial charge < -0.3 is 10.1 Å². The van der Waals surface area contributed by atoms with E-state index in [1.54, 1.807) is 18.2 Å². The molecule has 1 N–H and O–H groups in total. The molecule has 0 atom stereocenters. The van der Waals surface area contributed by atoms with Crippen LogP contribution in [-0.4, -0.2) is 16.8 Å². The van der Waals surface area contributed by atoms with Gasteiger partial charge in [-0.1, -0.05) is 40.2 Å². The lowest BCUT2D eigenvalue weighted by molar-refractivity contribution is -0.383. The van der Waals surface area contributed by atoms with Crippen LogP contribution in [0, 0.1) is 15.9 Å². The average molecular weight is 552 g/mol. The Labute approximate surface area is 192 Å². The number of carbonyl (C=O) groups excluding carboxylic acids is 2. The second kappa shape index (κ2) is 9.80. The average Bonchev–Trinajstić information content (AvgIpc) is 2.71. The number of nitro benzene ring substituents is 1. The second-order valence-electron chi connectivity index (χ2n) is 6.24. The number of amides is 1. The Morgan fingerprint density at radius 2 is 1.74 bits per heavy atom. The first-order valence-electron chi connectivity index (χ1n) is 8.74. The molecule has 0 radical (unpaired) electrons. The number of hydrogen-bond donors (Lipinski definition) is 1. The van der Waals surface area contributed by atoms with Crippen LogP contribution in [0.1, 0.15) is 15.9 Å². The molecule has 0 aliphatic heterocycles. The van der Waals surface area contributed by atoms with E-state index in [9.17, 15) is 24.1 Å². The number of para-hydroxylation sites is 2. The van der Waals surface area contributed by atoms with Gasteiger partial charge in [0.2, 0.25) is 5.91 Å². The van der Waals surface area contributed by atoms with E-state index >= 15 is 0 Å². The maximum atomic E-state index is 13.9. The highest BCUT2D eigenvalue weighted by atomic mass is 79.9. The minimum atomic E-state index is -0.929. The van der Waals surface area contributed by atoms with Gasteiger partial charge in [0.1, 0.15) is 17.3 Å². The molecule has 3 aromatic carbocycles. The molecule has 0 unspecified atom stereocenters. The van der Waals surface area contributed by atoms with E-state index in [0.29, 0.717) is 14.5 Å². The summed E-state index contributed by atoms with van der Waals surface area (Å²) in [5.74, 6) is -2.20. The molecule has 158 valence electrons. The van der Waals surface area contributed by atoms with Crippen LogP contribution in [0.25, 0.3) is 0 Å². The summed E-state index contributed by atoms with van der Waals surface area (Å²) in [5.41, 5.74) is -0.163. The molecule has 10 heteroatoms. The lowest BCUT2D eigenvalue weighted by Gasteiger charge is -2.13. The minimum Gasteiger partial charge on any atom is -0.421 e. The number of nitro groups is 1. The van der Waals surface area contributed by atoms with Crippen molar-refractivity contribution >= 4 is 55.1 Å². The van der Waals surface area contributed by atoms with Crippen molar-refractivity contribution in [2.24, 2.45) is 0 Å². The lowest BCUT2D eigenvalue weighted by Crippen LogP contribution is -2.17. The summed E-state index contributed by atoms with van der Waals surface area (Å²) in [6, 6.07) is 14.2. The van der Waals surface area contributed by atoms with Crippen molar-refractivity contribution < 1.29 is 23.6 Å². The summed E-state index contributed by atoms with van der Waals surface area (Å²) >= 11 is 6.59. The predicted octanol–water partition coefficient (Wildman–Crippen LogP) is 5.66. The SMILES string of the molecule is O=C(Cc1cc(Br)cc(Br)c1OC(=O)c1ccccc1F)Nc1ccccc1[N+](=O)[O-]. The van der Waals surface area contributed by atoms with E-state index in [4.69, 9.17) is 4.74 Å². The molecule has 0 aliphatic carbocycles. The number of nitrogens with one attached hydrogen (secondary N) is 1. The molecule has 7 nitrogen and oxygen atoms in total. The van der Waals surface area contributed by atoms with E-state index in [-0.39, 0.29) is 29.1 Å². The topological polar surface area (TPSA) is 98.5 Å². The standard InChI is InChI=1S/C21H13Br2FN2O5/c22-13-9-12(10-19(27)25-17-7-3-4-8-18(17)26(29)30)20(15(23)11-13)31-21(28)14-5-1-2-6-16(14)24/h1-9,11H,10H2,(H,25,27). The maximum Gasteiger partial charge on any atom is 0.346 e. The fraction of sp³-hybridized carbons (Fsp3) is 0.0476. The predicted molar refractivity (Wildman–Crippen MR) is 119 cm³/mol. The van der Waals surface area contributed by atoms with Gasteiger partial charge in [-0.05, 0) is 46.3 Å². The van der Waals surface area contributed by atoms with Crippen molar-refractivity contribution in [1.29, 1.82) is 0 Å². The first-order valence-corrected chi connectivity index (χ1v) is 10.3. The summed E-state index contributed by atoms with van der Waals surface area (Å²) < 4.78 is 20.3. The van der Waals surface area contributed by atoms with Crippen molar-refractivity contribution in [3.63, 3.8) is 0 Å². The Morgan fingerprint density at radius 1 is 1.06 bits per heavy atom. The van der Waals surface area contributed by atoms with Crippen LogP contribution in [0.3, 0.4) is 0 Å². The van der Waals surface area contributed by atoms with Gasteiger partial charge in [-0.2, -0.15) is 0 Å². The molecular formula is C21H13Br2FN2O5. The van der Waals surface area contributed by atoms with Crippen LogP contribution in [0.2, 0.25) is 0 Å². The number of rotatable bonds is 6. The smallest absolute Gasteiger partial charge is 0.346 e. The number of carbonyl (C=O) groups is 2. The summed E-state index contributed by atoms with van der Waals surface area (Å²) in [4.78, 5) is 35.6. The molecule has 0 bridgehead atoms. The Balaban J connectivity index is 1.86. The van der Waals surface area contributed by atoms with Gasteiger partial charge in [0, 0.05) is 16.1 Å². The fourth-order valence-corrected chi connectivity index (χ4v) is 4.13. The number of hydrogen-bond acceptors (Lipinski definition) is 5. The van der Waals surface area contributed by atoms with Crippen molar-refractivity contribution in [2.75, 3.05) is 5.32 Å². The normalized spacial score (nSPS) is 10.4. The minimum absolute atomic E-state index is 0.0363. The molecule has 1 amide bonds. The quantitative estimate of drug-likeness (QED) is 0.184. The van der Waals surface area contributed by atoms with Crippen LogP contribution >= 0.6 is 31.9 Å². The second-order valence-corrected chi connectivity index (χ2v) is 8.01. The number of nitrogens with zero attached hydrogens (tertiary/aromatic N) is 1. The monoisotopic (exact) mass is 550 g/mol. The molecular weight excluding hydrogens is 539 g/mol. The third-order valence-electron chi connectivity index (χ3n) is 4.10. The van der Waals surface area contributed by atoms with Crippen molar-refractivity contribution in [1.82, 2.24) is 0 Å². The van der Waals surface area contributed by atoms with E-state index in [2.05, 4.69) is 37.2 Å². The number of halogens is 3. The third kappa shape index (κ3) is 5.53. The summed E-state index contributed by atoms with van der Waals surface area (Å²) in [5, 5.41) is 13.6. The largest absolute Gasteiger partial charge is 0.421 e. The highest BCUT2D eigenvalue weighted by Crippen LogP contribution is 2.34. The van der Waals surface area contributed by atoms with Gasteiger partial charge in [0.05, 0.1) is 21.4 Å². The van der Waals surface area contributed by atoms with Gasteiger partial charge in [-0.25, -0.2) is 9.18 Å². The van der Waals surface area contributed by atoms with E-state index in [0.717, 1.165) is 6.07 Å². The van der Waals surface area contributed by atoms with Crippen LogP contribution in [0.5, 0.6) is 5.75 Å². The number of ether oxygens (including phenoxy) is 1. The zero-order chi connectivity index (χ0) is 22.5. The maximum absolute atomic E-state index is 13.9. The van der Waals surface area contributed by atoms with E-state index < -0.39 is 22.6 Å². The van der Waals surface area contributed by atoms with Crippen LogP contribution in [0.15, 0.2) is 69.6 Å². The first-order chi connectivity index (χ1) is 14.8. The van der Waals surface area contributed by atoms with Gasteiger partial charge in [0.15, 0.2) is 0 Å². The van der Waals surface area contributed by atoms with E-state index in [1.807, 2.05) is 0 Å². The summed E-state index contributed by atoms with van der Waals surface area (Å²) in [6.07, 6.45) is -0.260. The molecule has 0 spiro atoms. The summed E-state index contributed by atoms with van der Waals surface area (Å²) in [6.45, 7) is 0. The summed E-state index contributed by atoms with van der Waals surface area (Å²) in [7, 11) is 0. The molecule has 0 fully saturated rings. The molecule has 0 heterocycles. The van der Waals surface area contributed by atoms with Crippen LogP contribution in [-0.2, 0) is 11.2 Å². The molecule has 0 aliphatic rings. The highest BCUT2D eigenvalue weighted by molar-refractivity contribution is 9.11. The van der Waals surface area contributed by atoms with E-state index in [1.165, 1.54) is 36.4 Å². The van der Waals surface area contributed by atoms with Crippen molar-refractivity contribution in [3.05, 3.63) is 96.7 Å². The first kappa shape index (κ1) is 22.6. The number of benzene rings is 3. The zero-order valence-corrected chi connectivity index (χ0v) is 18.8. The molecule has 0 saturated heterocycles. The fourth-order valence-electron chi connectivity index (χ4n) is 2.74. The molecule has 0 aromatic heterocycles. The van der Waals surface area contributed by atoms with Crippen LogP contribution < -0.4 is 10.1 Å². The van der Waals surface area contributed by atoms with Gasteiger partial charge in [-0.15, -0.1) is 0 Å². The Bertz CT molecular complexity index is 1190. The highest BCUT2D eigenvalue weighted by Gasteiger charge is 2.21.